The smallest absolute Gasteiger partial charge is 0.338 e. The van der Waals surface area contributed by atoms with Gasteiger partial charge in [-0.15, -0.1) is 12.6 Å². The van der Waals surface area contributed by atoms with Crippen molar-refractivity contribution < 1.29 is 23.9 Å². The quantitative estimate of drug-likeness (QED) is 0.117. The Labute approximate surface area is 177 Å². The fourth-order valence-electron chi connectivity index (χ4n) is 1.65. The molecule has 0 heterocycles. The highest BCUT2D eigenvalue weighted by molar-refractivity contribution is 7.85. The summed E-state index contributed by atoms with van der Waals surface area (Å²) in [4.78, 5) is 35.5. The molecule has 0 N–H and O–H groups in total. The molecule has 29 heavy (non-hydrogen) atoms. The van der Waals surface area contributed by atoms with Crippen molar-refractivity contribution in [1.29, 1.82) is 0 Å². The predicted molar refractivity (Wildman–Crippen MR) is 117 cm³/mol. The van der Waals surface area contributed by atoms with Gasteiger partial charge in [-0.05, 0) is 25.0 Å². The summed E-state index contributed by atoms with van der Waals surface area (Å²) in [5.74, 6) is -0.869. The highest BCUT2D eigenvalue weighted by Crippen LogP contribution is 2.18. The molecule has 6 nitrogen and oxygen atoms in total. The molecule has 0 saturated heterocycles. The second kappa shape index (κ2) is 16.1. The summed E-state index contributed by atoms with van der Waals surface area (Å²) >= 11 is 4.28. The van der Waals surface area contributed by atoms with Crippen molar-refractivity contribution in [1.82, 2.24) is 0 Å². The van der Waals surface area contributed by atoms with E-state index in [-0.39, 0.29) is 13.2 Å². The summed E-state index contributed by atoms with van der Waals surface area (Å²) in [6.07, 6.45) is 4.99. The van der Waals surface area contributed by atoms with Gasteiger partial charge in [0.2, 0.25) is 6.08 Å². The van der Waals surface area contributed by atoms with Crippen LogP contribution in [-0.2, 0) is 23.9 Å². The standard InChI is InChI=1S/C15H18O2S.C7H9NO3/c1-3-4-10-17-15(16)12(2)14(18)11-13-8-6-5-7-9-13;1-6(2)7(10)11-4-3-8-5-9/h5-9,11,18H,2-4,10H2,1H3;1,3-4H2,2H3. The lowest BCUT2D eigenvalue weighted by Crippen LogP contribution is -2.08. The monoisotopic (exact) mass is 417 g/mol. The van der Waals surface area contributed by atoms with Crippen molar-refractivity contribution >= 4 is 36.7 Å². The zero-order valence-corrected chi connectivity index (χ0v) is 17.7. The van der Waals surface area contributed by atoms with E-state index in [4.69, 9.17) is 4.74 Å². The first-order valence-electron chi connectivity index (χ1n) is 9.01. The van der Waals surface area contributed by atoms with E-state index < -0.39 is 11.9 Å². The van der Waals surface area contributed by atoms with Gasteiger partial charge >= 0.3 is 11.9 Å². The Balaban J connectivity index is 0.000000614. The van der Waals surface area contributed by atoms with E-state index >= 15 is 0 Å². The molecular formula is C22H27NO5S. The van der Waals surface area contributed by atoms with E-state index in [0.717, 1.165) is 18.4 Å². The van der Waals surface area contributed by atoms with Crippen LogP contribution in [0, 0.1) is 0 Å². The Hall–Kier alpha value is -2.89. The average molecular weight is 418 g/mol. The molecular weight excluding hydrogens is 390 g/mol. The van der Waals surface area contributed by atoms with Crippen molar-refractivity contribution in [3.05, 3.63) is 65.1 Å². The van der Waals surface area contributed by atoms with Crippen LogP contribution in [0.1, 0.15) is 32.3 Å². The van der Waals surface area contributed by atoms with E-state index in [9.17, 15) is 14.4 Å². The predicted octanol–water partition coefficient (Wildman–Crippen LogP) is 4.30. The fourth-order valence-corrected chi connectivity index (χ4v) is 1.89. The Bertz CT molecular complexity index is 765. The average Bonchev–Trinajstić information content (AvgIpc) is 2.71. The molecule has 0 aliphatic heterocycles. The second-order valence-corrected chi connectivity index (χ2v) is 6.28. The molecule has 1 aromatic carbocycles. The van der Waals surface area contributed by atoms with Gasteiger partial charge in [-0.25, -0.2) is 19.4 Å². The van der Waals surface area contributed by atoms with Gasteiger partial charge < -0.3 is 9.47 Å². The topological polar surface area (TPSA) is 82.0 Å². The van der Waals surface area contributed by atoms with Gasteiger partial charge in [0.25, 0.3) is 0 Å². The van der Waals surface area contributed by atoms with Crippen LogP contribution in [0.4, 0.5) is 0 Å². The molecule has 0 radical (unpaired) electrons. The first-order valence-corrected chi connectivity index (χ1v) is 9.46. The summed E-state index contributed by atoms with van der Waals surface area (Å²) < 4.78 is 9.67. The summed E-state index contributed by atoms with van der Waals surface area (Å²) in [6, 6.07) is 9.66. The normalized spacial score (nSPS) is 9.97. The molecule has 0 amide bonds. The molecule has 0 unspecified atom stereocenters. The van der Waals surface area contributed by atoms with Gasteiger partial charge in [-0.1, -0.05) is 56.8 Å². The lowest BCUT2D eigenvalue weighted by molar-refractivity contribution is -0.139. The van der Waals surface area contributed by atoms with Gasteiger partial charge in [0.15, 0.2) is 0 Å². The molecule has 1 rings (SSSR count). The second-order valence-electron chi connectivity index (χ2n) is 5.80. The van der Waals surface area contributed by atoms with Gasteiger partial charge in [0, 0.05) is 10.5 Å². The van der Waals surface area contributed by atoms with Crippen LogP contribution >= 0.6 is 12.6 Å². The number of carbonyl (C=O) groups excluding carboxylic acids is 3. The van der Waals surface area contributed by atoms with Crippen LogP contribution in [0.3, 0.4) is 0 Å². The SMILES string of the molecule is C=C(C(=O)OCCCC)C(S)=Cc1ccccc1.C=C(C)C(=O)OCCN=C=O. The summed E-state index contributed by atoms with van der Waals surface area (Å²) in [5.41, 5.74) is 1.60. The summed E-state index contributed by atoms with van der Waals surface area (Å²) in [5, 5.41) is 0. The highest BCUT2D eigenvalue weighted by atomic mass is 32.1. The third-order valence-electron chi connectivity index (χ3n) is 3.24. The van der Waals surface area contributed by atoms with Crippen LogP contribution in [0.2, 0.25) is 0 Å². The number of hydrogen-bond acceptors (Lipinski definition) is 7. The Morgan fingerprint density at radius 2 is 1.76 bits per heavy atom. The fraction of sp³-hybridized carbons (Fsp3) is 0.318. The van der Waals surface area contributed by atoms with Gasteiger partial charge in [0.1, 0.15) is 6.61 Å². The van der Waals surface area contributed by atoms with Crippen LogP contribution in [0.15, 0.2) is 64.5 Å². The number of benzene rings is 1. The van der Waals surface area contributed by atoms with E-state index in [1.54, 1.807) is 13.0 Å². The number of ether oxygens (including phenoxy) is 2. The van der Waals surface area contributed by atoms with Crippen LogP contribution in [0.5, 0.6) is 0 Å². The lowest BCUT2D eigenvalue weighted by atomic mass is 10.1. The summed E-state index contributed by atoms with van der Waals surface area (Å²) in [6.45, 7) is 11.4. The molecule has 0 saturated carbocycles. The zero-order chi connectivity index (χ0) is 22.1. The van der Waals surface area contributed by atoms with Gasteiger partial charge in [-0.2, -0.15) is 0 Å². The highest BCUT2D eigenvalue weighted by Gasteiger charge is 2.10. The maximum Gasteiger partial charge on any atom is 0.338 e. The third-order valence-corrected chi connectivity index (χ3v) is 3.64. The first kappa shape index (κ1) is 26.1. The third kappa shape index (κ3) is 13.0. The minimum Gasteiger partial charge on any atom is -0.462 e. The maximum absolute atomic E-state index is 11.6. The molecule has 0 aromatic heterocycles. The molecule has 156 valence electrons. The number of hydrogen-bond donors (Lipinski definition) is 1. The van der Waals surface area contributed by atoms with E-state index in [2.05, 4.69) is 35.5 Å². The van der Waals surface area contributed by atoms with E-state index in [0.29, 0.717) is 22.7 Å². The number of rotatable bonds is 10. The Morgan fingerprint density at radius 1 is 1.14 bits per heavy atom. The number of isocyanates is 1. The molecule has 0 aliphatic rings. The molecule has 7 heteroatoms. The lowest BCUT2D eigenvalue weighted by Gasteiger charge is -2.06. The minimum atomic E-state index is -0.467. The van der Waals surface area contributed by atoms with Crippen molar-refractivity contribution in [2.75, 3.05) is 19.8 Å². The first-order chi connectivity index (χ1) is 13.8. The number of aliphatic imine (C=N–C) groups is 1. The van der Waals surface area contributed by atoms with Gasteiger partial charge in [-0.3, -0.25) is 0 Å². The Morgan fingerprint density at radius 3 is 2.31 bits per heavy atom. The molecule has 1 aromatic rings. The van der Waals surface area contributed by atoms with Crippen LogP contribution in [-0.4, -0.2) is 37.8 Å². The van der Waals surface area contributed by atoms with Crippen molar-refractivity contribution in [3.8, 4) is 0 Å². The number of unbranched alkanes of at least 4 members (excludes halogenated alkanes) is 1. The molecule has 0 bridgehead atoms. The summed E-state index contributed by atoms with van der Waals surface area (Å²) in [7, 11) is 0. The van der Waals surface area contributed by atoms with Crippen LogP contribution < -0.4 is 0 Å². The number of carbonyl (C=O) groups is 2. The number of esters is 2. The number of thiol groups is 1. The molecule has 0 atom stereocenters. The van der Waals surface area contributed by atoms with Crippen LogP contribution in [0.25, 0.3) is 6.08 Å². The zero-order valence-electron chi connectivity index (χ0n) is 16.8. The molecule has 0 fully saturated rings. The van der Waals surface area contributed by atoms with Crippen molar-refractivity contribution in [2.24, 2.45) is 4.99 Å². The maximum atomic E-state index is 11.6. The Kier molecular flexibility index (Phi) is 14.5. The van der Waals surface area contributed by atoms with E-state index in [1.165, 1.54) is 6.08 Å². The van der Waals surface area contributed by atoms with E-state index in [1.807, 2.05) is 37.3 Å². The molecule has 0 spiro atoms. The molecule has 0 aliphatic carbocycles. The van der Waals surface area contributed by atoms with Gasteiger partial charge in [0.05, 0.1) is 18.7 Å². The largest absolute Gasteiger partial charge is 0.462 e. The van der Waals surface area contributed by atoms with Crippen molar-refractivity contribution in [3.63, 3.8) is 0 Å². The number of nitrogens with zero attached hydrogens (tertiary/aromatic N) is 1. The minimum absolute atomic E-state index is 0.0981. The van der Waals surface area contributed by atoms with Crippen molar-refractivity contribution in [2.45, 2.75) is 26.7 Å².